The van der Waals surface area contributed by atoms with E-state index in [-0.39, 0.29) is 29.3 Å². The second kappa shape index (κ2) is 11.1. The molecule has 2 saturated heterocycles. The molecule has 2 atom stereocenters. The van der Waals surface area contributed by atoms with Crippen molar-refractivity contribution in [2.24, 2.45) is 5.92 Å². The minimum absolute atomic E-state index is 0. The lowest BCUT2D eigenvalue weighted by molar-refractivity contribution is -0.121. The topological polar surface area (TPSA) is 96.5 Å². The van der Waals surface area contributed by atoms with E-state index < -0.39 is 10.0 Å². The molecule has 2 aliphatic heterocycles. The molecule has 28 heavy (non-hydrogen) atoms. The smallest absolute Gasteiger partial charge is 0.240 e. The maximum Gasteiger partial charge on any atom is 0.240 e. The number of halogens is 1. The summed E-state index contributed by atoms with van der Waals surface area (Å²) in [5, 5.41) is 6.21. The van der Waals surface area contributed by atoms with Crippen molar-refractivity contribution in [2.75, 3.05) is 26.2 Å². The van der Waals surface area contributed by atoms with Crippen LogP contribution in [0.1, 0.15) is 37.7 Å². The molecular weight excluding hydrogens is 402 g/mol. The van der Waals surface area contributed by atoms with Gasteiger partial charge in [0, 0.05) is 26.1 Å². The minimum atomic E-state index is -3.54. The van der Waals surface area contributed by atoms with Crippen LogP contribution in [0.15, 0.2) is 29.2 Å². The van der Waals surface area contributed by atoms with Crippen molar-refractivity contribution in [3.63, 3.8) is 0 Å². The fourth-order valence-corrected chi connectivity index (χ4v) is 4.53. The largest absolute Gasteiger partial charge is 0.377 e. The maximum atomic E-state index is 12.3. The summed E-state index contributed by atoms with van der Waals surface area (Å²) in [5.41, 5.74) is 0.879. The van der Waals surface area contributed by atoms with Crippen LogP contribution in [0.3, 0.4) is 0 Å². The van der Waals surface area contributed by atoms with Gasteiger partial charge in [0.25, 0.3) is 0 Å². The zero-order valence-electron chi connectivity index (χ0n) is 16.0. The number of nitrogens with one attached hydrogen (secondary N) is 3. The van der Waals surface area contributed by atoms with Crippen molar-refractivity contribution < 1.29 is 17.9 Å². The number of benzene rings is 1. The summed E-state index contributed by atoms with van der Waals surface area (Å²) in [5.74, 6) is 0.638. The quantitative estimate of drug-likeness (QED) is 0.551. The van der Waals surface area contributed by atoms with Crippen LogP contribution in [0.4, 0.5) is 0 Å². The van der Waals surface area contributed by atoms with Crippen molar-refractivity contribution >= 4 is 28.3 Å². The van der Waals surface area contributed by atoms with Crippen LogP contribution in [-0.2, 0) is 26.1 Å². The Morgan fingerprint density at radius 1 is 1.21 bits per heavy atom. The Balaban J connectivity index is 0.00000280. The molecule has 0 spiro atoms. The molecule has 0 aliphatic carbocycles. The lowest BCUT2D eigenvalue weighted by atomic mass is 10.0. The van der Waals surface area contributed by atoms with Crippen molar-refractivity contribution in [1.29, 1.82) is 0 Å². The first-order valence-corrected chi connectivity index (χ1v) is 11.2. The summed E-state index contributed by atoms with van der Waals surface area (Å²) in [7, 11) is -3.54. The van der Waals surface area contributed by atoms with E-state index in [1.165, 1.54) is 0 Å². The van der Waals surface area contributed by atoms with Crippen molar-refractivity contribution in [3.8, 4) is 0 Å². The Morgan fingerprint density at radius 3 is 2.64 bits per heavy atom. The second-order valence-corrected chi connectivity index (χ2v) is 9.07. The van der Waals surface area contributed by atoms with E-state index in [9.17, 15) is 13.2 Å². The molecule has 1 aromatic rings. The predicted octanol–water partition coefficient (Wildman–Crippen LogP) is 1.57. The van der Waals surface area contributed by atoms with Gasteiger partial charge in [-0.1, -0.05) is 12.1 Å². The van der Waals surface area contributed by atoms with Gasteiger partial charge in [-0.3, -0.25) is 4.79 Å². The normalized spacial score (nSPS) is 22.0. The molecule has 2 aliphatic rings. The Bertz CT molecular complexity index is 715. The van der Waals surface area contributed by atoms with E-state index in [4.69, 9.17) is 4.74 Å². The third-order valence-electron chi connectivity index (χ3n) is 5.19. The molecule has 158 valence electrons. The first-order valence-electron chi connectivity index (χ1n) is 9.70. The predicted molar refractivity (Wildman–Crippen MR) is 110 cm³/mol. The van der Waals surface area contributed by atoms with Crippen LogP contribution in [0.25, 0.3) is 0 Å². The van der Waals surface area contributed by atoms with Gasteiger partial charge in [-0.2, -0.15) is 0 Å². The van der Waals surface area contributed by atoms with Gasteiger partial charge in [0.15, 0.2) is 0 Å². The lowest BCUT2D eigenvalue weighted by Crippen LogP contribution is -2.31. The van der Waals surface area contributed by atoms with Crippen LogP contribution in [0, 0.1) is 5.92 Å². The summed E-state index contributed by atoms with van der Waals surface area (Å²) >= 11 is 0. The first-order chi connectivity index (χ1) is 13.0. The van der Waals surface area contributed by atoms with Crippen LogP contribution in [0.5, 0.6) is 0 Å². The number of hydrogen-bond donors (Lipinski definition) is 3. The lowest BCUT2D eigenvalue weighted by Gasteiger charge is -2.12. The molecule has 0 bridgehead atoms. The molecule has 0 radical (unpaired) electrons. The fourth-order valence-electron chi connectivity index (χ4n) is 3.46. The monoisotopic (exact) mass is 431 g/mol. The average molecular weight is 432 g/mol. The molecule has 3 rings (SSSR count). The highest BCUT2D eigenvalue weighted by Gasteiger charge is 2.20. The van der Waals surface area contributed by atoms with Crippen LogP contribution in [0.2, 0.25) is 0 Å². The van der Waals surface area contributed by atoms with E-state index in [2.05, 4.69) is 15.4 Å². The van der Waals surface area contributed by atoms with Gasteiger partial charge in [0.1, 0.15) is 0 Å². The van der Waals surface area contributed by atoms with Crippen molar-refractivity contribution in [2.45, 2.75) is 49.6 Å². The molecule has 0 saturated carbocycles. The first kappa shape index (κ1) is 23.1. The number of sulfonamides is 1. The van der Waals surface area contributed by atoms with Crippen LogP contribution < -0.4 is 15.4 Å². The molecule has 1 aromatic carbocycles. The molecule has 2 heterocycles. The maximum absolute atomic E-state index is 12.3. The number of ether oxygens (including phenoxy) is 1. The van der Waals surface area contributed by atoms with Crippen LogP contribution in [-0.4, -0.2) is 46.7 Å². The Kier molecular flexibility index (Phi) is 9.17. The Morgan fingerprint density at radius 2 is 2.00 bits per heavy atom. The number of hydrogen-bond acceptors (Lipinski definition) is 5. The summed E-state index contributed by atoms with van der Waals surface area (Å²) in [6.45, 7) is 3.46. The number of rotatable bonds is 9. The van der Waals surface area contributed by atoms with Gasteiger partial charge in [0.05, 0.1) is 11.0 Å². The molecule has 9 heteroatoms. The summed E-state index contributed by atoms with van der Waals surface area (Å²) < 4.78 is 32.7. The fraction of sp³-hybridized carbons (Fsp3) is 0.632. The van der Waals surface area contributed by atoms with Crippen LogP contribution >= 0.6 is 12.4 Å². The minimum Gasteiger partial charge on any atom is -0.377 e. The second-order valence-electron chi connectivity index (χ2n) is 7.31. The zero-order valence-corrected chi connectivity index (χ0v) is 17.6. The van der Waals surface area contributed by atoms with E-state index in [1.807, 2.05) is 0 Å². The van der Waals surface area contributed by atoms with Gasteiger partial charge >= 0.3 is 0 Å². The number of amides is 1. The van der Waals surface area contributed by atoms with Gasteiger partial charge in [-0.25, -0.2) is 13.1 Å². The van der Waals surface area contributed by atoms with Crippen molar-refractivity contribution in [1.82, 2.24) is 15.4 Å². The highest BCUT2D eigenvalue weighted by molar-refractivity contribution is 7.89. The van der Waals surface area contributed by atoms with Gasteiger partial charge in [0.2, 0.25) is 15.9 Å². The molecule has 1 amide bonds. The molecule has 2 unspecified atom stereocenters. The molecule has 2 fully saturated rings. The third-order valence-corrected chi connectivity index (χ3v) is 6.63. The SMILES string of the molecule is Cl.O=C(CCC1CCNC1)NCc1ccc(S(=O)(=O)NCC2CCCO2)cc1. The zero-order chi connectivity index (χ0) is 19.1. The van der Waals surface area contributed by atoms with E-state index >= 15 is 0 Å². The van der Waals surface area contributed by atoms with E-state index in [0.29, 0.717) is 32.0 Å². The Labute approximate surface area is 173 Å². The summed E-state index contributed by atoms with van der Waals surface area (Å²) in [6, 6.07) is 6.62. The molecule has 3 N–H and O–H groups in total. The van der Waals surface area contributed by atoms with Crippen molar-refractivity contribution in [3.05, 3.63) is 29.8 Å². The van der Waals surface area contributed by atoms with E-state index in [0.717, 1.165) is 44.3 Å². The molecule has 7 nitrogen and oxygen atoms in total. The molecule has 0 aromatic heterocycles. The Hall–Kier alpha value is -1.19. The summed E-state index contributed by atoms with van der Waals surface area (Å²) in [6.07, 6.45) is 4.42. The third kappa shape index (κ3) is 7.00. The van der Waals surface area contributed by atoms with Gasteiger partial charge < -0.3 is 15.4 Å². The van der Waals surface area contributed by atoms with E-state index in [1.54, 1.807) is 24.3 Å². The summed E-state index contributed by atoms with van der Waals surface area (Å²) in [4.78, 5) is 12.2. The highest BCUT2D eigenvalue weighted by atomic mass is 35.5. The highest BCUT2D eigenvalue weighted by Crippen LogP contribution is 2.15. The van der Waals surface area contributed by atoms with Gasteiger partial charge in [-0.05, 0) is 62.4 Å². The van der Waals surface area contributed by atoms with Gasteiger partial charge in [-0.15, -0.1) is 12.4 Å². The number of carbonyl (C=O) groups excluding carboxylic acids is 1. The average Bonchev–Trinajstić information content (AvgIpc) is 3.37. The standard InChI is InChI=1S/C19H29N3O4S.ClH/c23-19(8-5-16-9-10-20-12-16)21-13-15-3-6-18(7-4-15)27(24,25)22-14-17-2-1-11-26-17;/h3-4,6-7,16-17,20,22H,1-2,5,8-14H2,(H,21,23);1H. The number of carbonyl (C=O) groups is 1. The molecular formula is C19H30ClN3O4S.